The van der Waals surface area contributed by atoms with Gasteiger partial charge in [-0.3, -0.25) is 4.79 Å². The summed E-state index contributed by atoms with van der Waals surface area (Å²) in [6.07, 6.45) is 3.58. The standard InChI is InChI=1S/C14H15N3O2/c18-14(16-7-9-19-10-8-16)12-3-1-4-13(11-12)17-6-2-5-15-17/h1-6,11H,7-10H2. The average molecular weight is 257 g/mol. The maximum absolute atomic E-state index is 12.4. The molecule has 5 nitrogen and oxygen atoms in total. The zero-order chi connectivity index (χ0) is 13.1. The highest BCUT2D eigenvalue weighted by molar-refractivity contribution is 5.94. The number of benzene rings is 1. The first-order chi connectivity index (χ1) is 9.34. The summed E-state index contributed by atoms with van der Waals surface area (Å²) in [5.74, 6) is 0.0531. The Hall–Kier alpha value is -2.14. The van der Waals surface area contributed by atoms with Crippen LogP contribution in [0, 0.1) is 0 Å². The number of rotatable bonds is 2. The lowest BCUT2D eigenvalue weighted by Gasteiger charge is -2.27. The van der Waals surface area contributed by atoms with E-state index in [0.717, 1.165) is 5.69 Å². The van der Waals surface area contributed by atoms with Crippen LogP contribution in [-0.2, 0) is 4.74 Å². The van der Waals surface area contributed by atoms with Crippen LogP contribution in [0.4, 0.5) is 0 Å². The molecular weight excluding hydrogens is 242 g/mol. The smallest absolute Gasteiger partial charge is 0.254 e. The molecule has 0 unspecified atom stereocenters. The van der Waals surface area contributed by atoms with Crippen molar-refractivity contribution in [1.82, 2.24) is 14.7 Å². The minimum Gasteiger partial charge on any atom is -0.378 e. The first kappa shape index (κ1) is 11.9. The molecule has 0 saturated carbocycles. The highest BCUT2D eigenvalue weighted by Crippen LogP contribution is 2.12. The molecule has 1 aromatic heterocycles. The number of ether oxygens (including phenoxy) is 1. The SMILES string of the molecule is O=C(c1cccc(-n2cccn2)c1)N1CCOCC1. The second kappa shape index (κ2) is 5.24. The largest absolute Gasteiger partial charge is 0.378 e. The third-order valence-corrected chi connectivity index (χ3v) is 3.16. The van der Waals surface area contributed by atoms with E-state index >= 15 is 0 Å². The fourth-order valence-electron chi connectivity index (χ4n) is 2.15. The number of aromatic nitrogens is 2. The quantitative estimate of drug-likeness (QED) is 0.815. The molecule has 0 radical (unpaired) electrons. The summed E-state index contributed by atoms with van der Waals surface area (Å²) < 4.78 is 7.01. The second-order valence-corrected chi connectivity index (χ2v) is 4.41. The predicted molar refractivity (Wildman–Crippen MR) is 70.3 cm³/mol. The third-order valence-electron chi connectivity index (χ3n) is 3.16. The molecule has 2 aromatic rings. The van der Waals surface area contributed by atoms with Gasteiger partial charge in [-0.15, -0.1) is 0 Å². The summed E-state index contributed by atoms with van der Waals surface area (Å²) in [5.41, 5.74) is 1.58. The van der Waals surface area contributed by atoms with Crippen LogP contribution in [0.5, 0.6) is 0 Å². The van der Waals surface area contributed by atoms with Gasteiger partial charge >= 0.3 is 0 Å². The van der Waals surface area contributed by atoms with E-state index in [1.807, 2.05) is 41.4 Å². The van der Waals surface area contributed by atoms with Gasteiger partial charge in [-0.05, 0) is 24.3 Å². The van der Waals surface area contributed by atoms with Crippen LogP contribution in [0.2, 0.25) is 0 Å². The lowest BCUT2D eigenvalue weighted by molar-refractivity contribution is 0.0303. The second-order valence-electron chi connectivity index (χ2n) is 4.41. The minimum absolute atomic E-state index is 0.0531. The molecule has 1 fully saturated rings. The normalized spacial score (nSPS) is 15.5. The summed E-state index contributed by atoms with van der Waals surface area (Å²) in [6, 6.07) is 9.37. The van der Waals surface area contributed by atoms with E-state index in [9.17, 15) is 4.79 Å². The molecule has 0 N–H and O–H groups in total. The summed E-state index contributed by atoms with van der Waals surface area (Å²) >= 11 is 0. The van der Waals surface area contributed by atoms with Crippen LogP contribution in [0.1, 0.15) is 10.4 Å². The monoisotopic (exact) mass is 257 g/mol. The molecule has 1 aromatic carbocycles. The Morgan fingerprint density at radius 2 is 2.05 bits per heavy atom. The molecule has 0 aliphatic carbocycles. The Morgan fingerprint density at radius 3 is 2.79 bits per heavy atom. The van der Waals surface area contributed by atoms with E-state index in [4.69, 9.17) is 4.74 Å². The molecule has 1 aliphatic heterocycles. The Balaban J connectivity index is 1.84. The number of carbonyl (C=O) groups excluding carboxylic acids is 1. The number of amides is 1. The summed E-state index contributed by atoms with van der Waals surface area (Å²) in [4.78, 5) is 14.2. The van der Waals surface area contributed by atoms with Crippen molar-refractivity contribution in [2.24, 2.45) is 0 Å². The number of morpholine rings is 1. The maximum Gasteiger partial charge on any atom is 0.254 e. The molecule has 1 aliphatic rings. The molecule has 0 bridgehead atoms. The van der Waals surface area contributed by atoms with E-state index in [-0.39, 0.29) is 5.91 Å². The highest BCUT2D eigenvalue weighted by Gasteiger charge is 2.18. The van der Waals surface area contributed by atoms with Gasteiger partial charge in [0.15, 0.2) is 0 Å². The summed E-state index contributed by atoms with van der Waals surface area (Å²) in [5, 5.41) is 4.17. The van der Waals surface area contributed by atoms with Crippen LogP contribution < -0.4 is 0 Å². The van der Waals surface area contributed by atoms with Gasteiger partial charge in [-0.2, -0.15) is 5.10 Å². The van der Waals surface area contributed by atoms with Crippen LogP contribution in [0.15, 0.2) is 42.7 Å². The van der Waals surface area contributed by atoms with Crippen LogP contribution in [-0.4, -0.2) is 46.9 Å². The van der Waals surface area contributed by atoms with Crippen molar-refractivity contribution in [3.8, 4) is 5.69 Å². The van der Waals surface area contributed by atoms with Crippen molar-refractivity contribution in [2.45, 2.75) is 0 Å². The third kappa shape index (κ3) is 2.51. The van der Waals surface area contributed by atoms with E-state index in [1.54, 1.807) is 10.9 Å². The van der Waals surface area contributed by atoms with Crippen molar-refractivity contribution in [2.75, 3.05) is 26.3 Å². The molecule has 0 atom stereocenters. The van der Waals surface area contributed by atoms with Gasteiger partial charge in [0.25, 0.3) is 5.91 Å². The van der Waals surface area contributed by atoms with Crippen molar-refractivity contribution in [1.29, 1.82) is 0 Å². The van der Waals surface area contributed by atoms with Crippen molar-refractivity contribution >= 4 is 5.91 Å². The molecule has 0 spiro atoms. The molecule has 19 heavy (non-hydrogen) atoms. The van der Waals surface area contributed by atoms with E-state index in [0.29, 0.717) is 31.9 Å². The van der Waals surface area contributed by atoms with Gasteiger partial charge < -0.3 is 9.64 Å². The Bertz CT molecular complexity index is 560. The Kier molecular flexibility index (Phi) is 3.29. The fourth-order valence-corrected chi connectivity index (χ4v) is 2.15. The van der Waals surface area contributed by atoms with Crippen LogP contribution >= 0.6 is 0 Å². The minimum atomic E-state index is 0.0531. The van der Waals surface area contributed by atoms with E-state index in [1.165, 1.54) is 0 Å². The molecule has 2 heterocycles. The molecule has 1 amide bonds. The van der Waals surface area contributed by atoms with Crippen LogP contribution in [0.3, 0.4) is 0 Å². The lowest BCUT2D eigenvalue weighted by Crippen LogP contribution is -2.40. The molecular formula is C14H15N3O2. The number of carbonyl (C=O) groups is 1. The van der Waals surface area contributed by atoms with Gasteiger partial charge in [-0.1, -0.05) is 6.07 Å². The van der Waals surface area contributed by atoms with E-state index < -0.39 is 0 Å². The zero-order valence-corrected chi connectivity index (χ0v) is 10.5. The Morgan fingerprint density at radius 1 is 1.21 bits per heavy atom. The van der Waals surface area contributed by atoms with Gasteiger partial charge in [0.05, 0.1) is 18.9 Å². The van der Waals surface area contributed by atoms with Gasteiger partial charge in [0.1, 0.15) is 0 Å². The summed E-state index contributed by atoms with van der Waals surface area (Å²) in [6.45, 7) is 2.55. The number of nitrogens with zero attached hydrogens (tertiary/aromatic N) is 3. The molecule has 98 valence electrons. The first-order valence-electron chi connectivity index (χ1n) is 6.32. The number of hydrogen-bond donors (Lipinski definition) is 0. The fraction of sp³-hybridized carbons (Fsp3) is 0.286. The van der Waals surface area contributed by atoms with E-state index in [2.05, 4.69) is 5.10 Å². The molecule has 1 saturated heterocycles. The average Bonchev–Trinajstić information content (AvgIpc) is 3.02. The Labute approximate surface area is 111 Å². The molecule has 5 heteroatoms. The highest BCUT2D eigenvalue weighted by atomic mass is 16.5. The van der Waals surface area contributed by atoms with Gasteiger partial charge in [0.2, 0.25) is 0 Å². The molecule has 3 rings (SSSR count). The van der Waals surface area contributed by atoms with Gasteiger partial charge in [0, 0.05) is 31.0 Å². The van der Waals surface area contributed by atoms with Crippen molar-refractivity contribution in [3.63, 3.8) is 0 Å². The predicted octanol–water partition coefficient (Wildman–Crippen LogP) is 1.34. The van der Waals surface area contributed by atoms with Crippen molar-refractivity contribution in [3.05, 3.63) is 48.3 Å². The maximum atomic E-state index is 12.4. The topological polar surface area (TPSA) is 47.4 Å². The van der Waals surface area contributed by atoms with Crippen molar-refractivity contribution < 1.29 is 9.53 Å². The first-order valence-corrected chi connectivity index (χ1v) is 6.32. The van der Waals surface area contributed by atoms with Crippen LogP contribution in [0.25, 0.3) is 5.69 Å². The van der Waals surface area contributed by atoms with Gasteiger partial charge in [-0.25, -0.2) is 4.68 Å². The number of hydrogen-bond acceptors (Lipinski definition) is 3. The lowest BCUT2D eigenvalue weighted by atomic mass is 10.1. The zero-order valence-electron chi connectivity index (χ0n) is 10.5. The summed E-state index contributed by atoms with van der Waals surface area (Å²) in [7, 11) is 0.